The van der Waals surface area contributed by atoms with Crippen LogP contribution in [0.15, 0.2) is 48.6 Å². The Morgan fingerprint density at radius 3 is 2.46 bits per heavy atom. The number of rotatable bonds is 7. The number of benzene rings is 2. The largest absolute Gasteiger partial charge is 0.496 e. The van der Waals surface area contributed by atoms with Crippen LogP contribution in [0.3, 0.4) is 0 Å². The monoisotopic (exact) mass is 808 g/mol. The summed E-state index contributed by atoms with van der Waals surface area (Å²) >= 11 is 0. The molecule has 1 spiro atoms. The molecule has 1 unspecified atom stereocenters. The van der Waals surface area contributed by atoms with E-state index in [0.29, 0.717) is 50.1 Å². The minimum atomic E-state index is -2.28. The zero-order valence-electron chi connectivity index (χ0n) is 35.1. The van der Waals surface area contributed by atoms with Crippen molar-refractivity contribution in [2.75, 3.05) is 59.5 Å². The maximum Gasteiger partial charge on any atom is 0.344 e. The summed E-state index contributed by atoms with van der Waals surface area (Å²) < 4.78 is 30.6. The Morgan fingerprint density at radius 2 is 1.75 bits per heavy atom. The third-order valence-electron chi connectivity index (χ3n) is 16.0. The lowest BCUT2D eigenvalue weighted by Crippen LogP contribution is -2.81. The number of anilines is 1. The molecule has 0 radical (unpaired) electrons. The van der Waals surface area contributed by atoms with Gasteiger partial charge in [-0.05, 0) is 74.2 Å². The van der Waals surface area contributed by atoms with Gasteiger partial charge in [-0.2, -0.15) is 0 Å². The van der Waals surface area contributed by atoms with E-state index >= 15 is 4.79 Å². The van der Waals surface area contributed by atoms with Crippen molar-refractivity contribution < 1.29 is 43.2 Å². The van der Waals surface area contributed by atoms with Gasteiger partial charge in [0.15, 0.2) is 6.10 Å². The highest BCUT2D eigenvalue weighted by molar-refractivity contribution is 5.95. The van der Waals surface area contributed by atoms with Gasteiger partial charge in [0, 0.05) is 84.4 Å². The van der Waals surface area contributed by atoms with E-state index in [9.17, 15) is 14.7 Å². The van der Waals surface area contributed by atoms with Gasteiger partial charge in [0.05, 0.1) is 27.4 Å². The molecule has 1 saturated carbocycles. The van der Waals surface area contributed by atoms with Gasteiger partial charge >= 0.3 is 17.9 Å². The van der Waals surface area contributed by atoms with Crippen molar-refractivity contribution in [2.24, 2.45) is 11.3 Å². The first kappa shape index (κ1) is 38.8. The fourth-order valence-electron chi connectivity index (χ4n) is 13.9. The Balaban J connectivity index is 1.27. The van der Waals surface area contributed by atoms with Gasteiger partial charge in [-0.15, -0.1) is 0 Å². The molecule has 13 heteroatoms. The summed E-state index contributed by atoms with van der Waals surface area (Å²) in [6.45, 7) is 8.44. The number of hydrogen-bond acceptors (Lipinski definition) is 12. The third-order valence-corrected chi connectivity index (χ3v) is 16.0. The number of H-pyrrole nitrogens is 1. The molecule has 7 aliphatic rings. The second-order valence-corrected chi connectivity index (χ2v) is 18.3. The average molecular weight is 809 g/mol. The van der Waals surface area contributed by atoms with Crippen LogP contribution < -0.4 is 9.64 Å². The minimum Gasteiger partial charge on any atom is -0.496 e. The number of esters is 3. The van der Waals surface area contributed by atoms with E-state index in [1.807, 2.05) is 37.1 Å². The molecule has 2 N–H and O–H groups in total. The van der Waals surface area contributed by atoms with Gasteiger partial charge in [-0.3, -0.25) is 19.4 Å². The molecule has 3 aromatic rings. The molecule has 1 aliphatic carbocycles. The molecule has 3 saturated heterocycles. The maximum absolute atomic E-state index is 15.4. The van der Waals surface area contributed by atoms with E-state index in [-0.39, 0.29) is 29.8 Å². The molecule has 2 bridgehead atoms. The molecule has 2 aromatic carbocycles. The lowest BCUT2D eigenvalue weighted by atomic mass is 9.47. The summed E-state index contributed by atoms with van der Waals surface area (Å²) in [7, 11) is 6.24. The topological polar surface area (TPSA) is 146 Å². The normalized spacial score (nSPS) is 38.7. The number of aliphatic hydroxyl groups is 1. The predicted molar refractivity (Wildman–Crippen MR) is 218 cm³/mol. The summed E-state index contributed by atoms with van der Waals surface area (Å²) in [4.78, 5) is 53.4. The highest BCUT2D eigenvalue weighted by Gasteiger charge is 2.80. The first-order valence-corrected chi connectivity index (χ1v) is 21.3. The maximum atomic E-state index is 15.4. The van der Waals surface area contributed by atoms with E-state index in [4.69, 9.17) is 23.7 Å². The van der Waals surface area contributed by atoms with E-state index in [0.717, 1.165) is 59.3 Å². The number of epoxide rings is 1. The van der Waals surface area contributed by atoms with E-state index in [1.165, 1.54) is 21.1 Å². The standard InChI is InChI=1S/C46H56N4O9/c1-8-42-16-12-18-49-20-17-44(36(42)49)30-21-31(34(55-5)22-33(30)48(4)37(44)46(54,41(53)57-7)38(42)58-26(3)51)45(40(52)56-6)24-27-23-43(9-2)39(59-43)50(25-27)19-15-29-28-13-10-11-14-32(28)47-35(29)45/h10-14,16,21-22,27,36-39,47,54H,8-9,15,17-20,23-25H2,1-7H3/t27-,36+,37-,38-,39-,42-,43-,44-,45+,46+/m1/s1. The van der Waals surface area contributed by atoms with Crippen molar-refractivity contribution in [1.29, 1.82) is 0 Å². The Kier molecular flexibility index (Phi) is 8.56. The summed E-state index contributed by atoms with van der Waals surface area (Å²) in [5, 5.41) is 14.4. The SMILES string of the molecule is CC[C@@]12C[C@H]3CN(CCc4c([nH]c5ccccc45)[C@@](C(=O)OC)(c4cc5c(cc4OC)N(C)[C@H]4[C@@](O)(C(=O)OC)[C@H](OC(C)=O)[C@]6(CC)C=CCN7CC[C@]54[C@@H]76)C3)[C@@H]1O2. The third kappa shape index (κ3) is 4.73. The first-order chi connectivity index (χ1) is 28.3. The Hall–Kier alpha value is -4.43. The Bertz CT molecular complexity index is 2310. The second-order valence-electron chi connectivity index (χ2n) is 18.3. The molecule has 10 rings (SSSR count). The molecule has 314 valence electrons. The average Bonchev–Trinajstić information content (AvgIpc) is 3.52. The highest BCUT2D eigenvalue weighted by atomic mass is 16.6. The van der Waals surface area contributed by atoms with E-state index in [1.54, 1.807) is 7.11 Å². The molecule has 0 amide bonds. The number of methoxy groups -OCH3 is 3. The first-order valence-electron chi connectivity index (χ1n) is 21.3. The molecule has 4 fully saturated rings. The summed E-state index contributed by atoms with van der Waals surface area (Å²) in [5.74, 6) is -1.27. The Labute approximate surface area is 344 Å². The van der Waals surface area contributed by atoms with E-state index < -0.39 is 45.9 Å². The van der Waals surface area contributed by atoms with Crippen LogP contribution in [0.5, 0.6) is 5.75 Å². The minimum absolute atomic E-state index is 0.0634. The highest BCUT2D eigenvalue weighted by Crippen LogP contribution is 2.68. The number of nitrogens with one attached hydrogen (secondary N) is 1. The number of carbonyl (C=O) groups is 3. The molecular formula is C46H56N4O9. The predicted octanol–water partition coefficient (Wildman–Crippen LogP) is 4.35. The van der Waals surface area contributed by atoms with Gasteiger partial charge in [0.1, 0.15) is 23.0 Å². The van der Waals surface area contributed by atoms with Crippen LogP contribution in [0.1, 0.15) is 75.3 Å². The number of hydrogen-bond donors (Lipinski definition) is 2. The molecule has 7 heterocycles. The van der Waals surface area contributed by atoms with E-state index in [2.05, 4.69) is 52.1 Å². The lowest BCUT2D eigenvalue weighted by Gasteiger charge is -2.63. The van der Waals surface area contributed by atoms with Gasteiger partial charge in [0.25, 0.3) is 0 Å². The van der Waals surface area contributed by atoms with Gasteiger partial charge in [-0.25, -0.2) is 4.79 Å². The molecule has 6 aliphatic heterocycles. The van der Waals surface area contributed by atoms with Gasteiger partial charge in [-0.1, -0.05) is 44.2 Å². The van der Waals surface area contributed by atoms with Crippen molar-refractivity contribution in [3.63, 3.8) is 0 Å². The Morgan fingerprint density at radius 1 is 0.966 bits per heavy atom. The van der Waals surface area contributed by atoms with Crippen LogP contribution in [-0.4, -0.2) is 128 Å². The van der Waals surface area contributed by atoms with Crippen LogP contribution in [0, 0.1) is 11.3 Å². The second kappa shape index (κ2) is 13.0. The lowest BCUT2D eigenvalue weighted by molar-refractivity contribution is -0.228. The van der Waals surface area contributed by atoms with Crippen molar-refractivity contribution in [3.05, 3.63) is 70.9 Å². The number of piperidine rings is 1. The number of ether oxygens (including phenoxy) is 5. The molecule has 59 heavy (non-hydrogen) atoms. The van der Waals surface area contributed by atoms with Crippen LogP contribution in [0.4, 0.5) is 5.69 Å². The van der Waals surface area contributed by atoms with Crippen LogP contribution in [0.25, 0.3) is 10.9 Å². The zero-order valence-corrected chi connectivity index (χ0v) is 35.1. The number of aromatic nitrogens is 1. The summed E-state index contributed by atoms with van der Waals surface area (Å²) in [6.07, 6.45) is 6.85. The molecule has 11 atom stereocenters. The molecular weight excluding hydrogens is 753 g/mol. The van der Waals surface area contributed by atoms with Gasteiger partial charge in [0.2, 0.25) is 5.60 Å². The van der Waals surface area contributed by atoms with Crippen molar-refractivity contribution in [3.8, 4) is 5.75 Å². The fraction of sp³-hybridized carbons (Fsp3) is 0.587. The quantitative estimate of drug-likeness (QED) is 0.152. The fourth-order valence-corrected chi connectivity index (χ4v) is 13.9. The molecule has 1 aromatic heterocycles. The van der Waals surface area contributed by atoms with Crippen LogP contribution in [-0.2, 0) is 50.6 Å². The summed E-state index contributed by atoms with van der Waals surface area (Å²) in [6, 6.07) is 11.2. The van der Waals surface area contributed by atoms with Crippen LogP contribution >= 0.6 is 0 Å². The zero-order chi connectivity index (χ0) is 41.4. The smallest absolute Gasteiger partial charge is 0.344 e. The number of para-hydroxylation sites is 1. The number of nitrogens with zero attached hydrogens (tertiary/aromatic N) is 3. The molecule has 13 nitrogen and oxygen atoms in total. The summed E-state index contributed by atoms with van der Waals surface area (Å²) in [5.41, 5.74) is -0.578. The number of carbonyl (C=O) groups excluding carboxylic acids is 3. The van der Waals surface area contributed by atoms with Gasteiger partial charge < -0.3 is 38.7 Å². The van der Waals surface area contributed by atoms with Crippen molar-refractivity contribution in [1.82, 2.24) is 14.8 Å². The van der Waals surface area contributed by atoms with Crippen molar-refractivity contribution in [2.45, 2.75) is 106 Å². The number of likely N-dealkylation sites (N-methyl/N-ethyl adjacent to an activating group) is 1. The number of fused-ring (bicyclic) bond motifs is 8. The van der Waals surface area contributed by atoms with Crippen molar-refractivity contribution >= 4 is 34.5 Å². The van der Waals surface area contributed by atoms with Crippen LogP contribution in [0.2, 0.25) is 0 Å². The number of aromatic amines is 1.